The van der Waals surface area contributed by atoms with Crippen LogP contribution >= 0.6 is 0 Å². The number of alkyl halides is 22. The largest absolute Gasteiger partial charge is 0.457 e. The summed E-state index contributed by atoms with van der Waals surface area (Å²) in [5.41, 5.74) is 0. The summed E-state index contributed by atoms with van der Waals surface area (Å²) in [5, 5.41) is 0. The molecule has 0 bridgehead atoms. The predicted octanol–water partition coefficient (Wildman–Crippen LogP) is 8.70. The lowest BCUT2D eigenvalue weighted by Gasteiger charge is -2.45. The molecule has 0 aromatic rings. The first-order valence-corrected chi connectivity index (χ1v) is 13.4. The minimum absolute atomic E-state index is 0.788. The van der Waals surface area contributed by atoms with Gasteiger partial charge >= 0.3 is 48.9 Å². The van der Waals surface area contributed by atoms with Gasteiger partial charge in [-0.25, -0.2) is 31.1 Å². The number of ether oxygens (including phenoxy) is 6. The Balaban J connectivity index is 2.77. The van der Waals surface area contributed by atoms with E-state index in [1.54, 1.807) is 0 Å². The highest BCUT2D eigenvalue weighted by molar-refractivity contribution is 5.75. The number of carbonyl (C=O) groups excluding carboxylic acids is 1. The first-order valence-electron chi connectivity index (χ1n) is 13.4. The zero-order valence-electron chi connectivity index (χ0n) is 25.1. The van der Waals surface area contributed by atoms with Gasteiger partial charge in [0.15, 0.2) is 12.7 Å². The van der Waals surface area contributed by atoms with Crippen molar-refractivity contribution < 1.29 is 130 Å². The van der Waals surface area contributed by atoms with Crippen molar-refractivity contribution in [3.05, 3.63) is 0 Å². The second-order valence-electron chi connectivity index (χ2n) is 10.8. The molecular weight excluding hydrogens is 806 g/mol. The van der Waals surface area contributed by atoms with E-state index in [2.05, 4.69) is 28.4 Å². The summed E-state index contributed by atoms with van der Waals surface area (Å²) in [5.74, 6) is -18.2. The summed E-state index contributed by atoms with van der Waals surface area (Å²) in [6, 6.07) is 0. The Bertz CT molecular complexity index is 1170. The number of hydrogen-bond donors (Lipinski definition) is 0. The summed E-state index contributed by atoms with van der Waals surface area (Å²) in [4.78, 5) is 11.4. The van der Waals surface area contributed by atoms with E-state index >= 15 is 0 Å². The number of halogens is 22. The van der Waals surface area contributed by atoms with Crippen molar-refractivity contribution in [2.24, 2.45) is 0 Å². The summed E-state index contributed by atoms with van der Waals surface area (Å²) in [6.07, 6.45) is -62.1. The Labute approximate surface area is 274 Å². The highest BCUT2D eigenvalue weighted by Crippen LogP contribution is 2.48. The van der Waals surface area contributed by atoms with E-state index in [4.69, 9.17) is 0 Å². The molecule has 1 aliphatic carbocycles. The van der Waals surface area contributed by atoms with Crippen molar-refractivity contribution >= 4 is 5.97 Å². The highest BCUT2D eigenvalue weighted by atomic mass is 19.4. The summed E-state index contributed by atoms with van der Waals surface area (Å²) < 4.78 is 313. The normalized spacial score (nSPS) is 20.4. The molecule has 0 N–H and O–H groups in total. The summed E-state index contributed by atoms with van der Waals surface area (Å²) >= 11 is 0. The van der Waals surface area contributed by atoms with Crippen LogP contribution in [-0.2, 0) is 33.2 Å². The molecule has 0 aromatic carbocycles. The maximum absolute atomic E-state index is 14.0. The smallest absolute Gasteiger partial charge is 0.425 e. The minimum atomic E-state index is -6.39. The molecular formula is C23H22F22O7. The van der Waals surface area contributed by atoms with Crippen LogP contribution < -0.4 is 0 Å². The first kappa shape index (κ1) is 47.8. The van der Waals surface area contributed by atoms with Crippen LogP contribution in [0.25, 0.3) is 0 Å². The van der Waals surface area contributed by atoms with Gasteiger partial charge in [-0.1, -0.05) is 6.92 Å². The van der Waals surface area contributed by atoms with Crippen LogP contribution in [0.3, 0.4) is 0 Å². The van der Waals surface area contributed by atoms with Gasteiger partial charge in [0, 0.05) is 12.8 Å². The van der Waals surface area contributed by atoms with Gasteiger partial charge in [0.05, 0.1) is 0 Å². The average molecular weight is 828 g/mol. The highest BCUT2D eigenvalue weighted by Gasteiger charge is 2.64. The molecule has 29 heteroatoms. The third-order valence-electron chi connectivity index (χ3n) is 5.71. The molecule has 7 nitrogen and oxygen atoms in total. The standard InChI is InChI=1S/C23H22F22O7/c1-2-18(33,34)49-10-3-16(28,29)11(10)50-19(35,36)4-14(24,25)7-47-9-22(41,42)52-21(39,40)5-15(26,27)8-48-13(46)12(23(43,44)45)51-20(37,38)6-17(30,31)32/h10-12H,2-9H2,1H3. The van der Waals surface area contributed by atoms with Crippen LogP contribution in [0.5, 0.6) is 0 Å². The lowest BCUT2D eigenvalue weighted by atomic mass is 9.86. The second kappa shape index (κ2) is 15.8. The van der Waals surface area contributed by atoms with Crippen molar-refractivity contribution in [2.45, 2.75) is 118 Å². The van der Waals surface area contributed by atoms with Gasteiger partial charge in [-0.15, -0.1) is 0 Å². The zero-order valence-corrected chi connectivity index (χ0v) is 25.1. The number of carbonyl (C=O) groups is 1. The van der Waals surface area contributed by atoms with Gasteiger partial charge in [0.1, 0.15) is 38.6 Å². The van der Waals surface area contributed by atoms with Crippen LogP contribution in [-0.4, -0.2) is 105 Å². The molecule has 0 radical (unpaired) electrons. The average Bonchev–Trinajstić information content (AvgIpc) is 2.84. The van der Waals surface area contributed by atoms with E-state index in [1.807, 2.05) is 0 Å². The van der Waals surface area contributed by atoms with Crippen molar-refractivity contribution in [1.29, 1.82) is 0 Å². The quantitative estimate of drug-likeness (QED) is 0.0848. The minimum Gasteiger partial charge on any atom is -0.457 e. The summed E-state index contributed by atoms with van der Waals surface area (Å²) in [6.45, 7) is -7.63. The van der Waals surface area contributed by atoms with Crippen LogP contribution in [0, 0.1) is 0 Å². The molecule has 0 saturated heterocycles. The van der Waals surface area contributed by atoms with Gasteiger partial charge in [-0.3, -0.25) is 9.47 Å². The van der Waals surface area contributed by atoms with Crippen LogP contribution in [0.15, 0.2) is 0 Å². The Morgan fingerprint density at radius 2 is 1.13 bits per heavy atom. The van der Waals surface area contributed by atoms with E-state index in [1.165, 1.54) is 0 Å². The first-order chi connectivity index (χ1) is 22.7. The Morgan fingerprint density at radius 3 is 1.60 bits per heavy atom. The molecule has 0 aliphatic heterocycles. The molecule has 3 unspecified atom stereocenters. The molecule has 1 rings (SSSR count). The van der Waals surface area contributed by atoms with E-state index in [9.17, 15) is 101 Å². The maximum Gasteiger partial charge on any atom is 0.425 e. The maximum atomic E-state index is 14.0. The van der Waals surface area contributed by atoms with E-state index < -0.39 is 137 Å². The summed E-state index contributed by atoms with van der Waals surface area (Å²) in [7, 11) is 0. The van der Waals surface area contributed by atoms with Gasteiger partial charge in [-0.2, -0.15) is 70.2 Å². The van der Waals surface area contributed by atoms with Crippen molar-refractivity contribution in [3.8, 4) is 0 Å². The Morgan fingerprint density at radius 1 is 0.635 bits per heavy atom. The molecule has 52 heavy (non-hydrogen) atoms. The van der Waals surface area contributed by atoms with Crippen LogP contribution in [0.4, 0.5) is 96.6 Å². The van der Waals surface area contributed by atoms with Crippen LogP contribution in [0.2, 0.25) is 0 Å². The second-order valence-corrected chi connectivity index (χ2v) is 10.8. The monoisotopic (exact) mass is 828 g/mol. The number of esters is 1. The fourth-order valence-electron chi connectivity index (χ4n) is 3.66. The van der Waals surface area contributed by atoms with Gasteiger partial charge in [0.25, 0.3) is 23.9 Å². The molecule has 3 atom stereocenters. The predicted molar refractivity (Wildman–Crippen MR) is 118 cm³/mol. The molecule has 1 saturated carbocycles. The molecule has 0 amide bonds. The fraction of sp³-hybridized carbons (Fsp3) is 0.957. The fourth-order valence-corrected chi connectivity index (χ4v) is 3.66. The Kier molecular flexibility index (Phi) is 14.5. The Hall–Kier alpha value is -2.27. The molecule has 0 aromatic heterocycles. The number of rotatable bonds is 21. The lowest BCUT2D eigenvalue weighted by Crippen LogP contribution is -2.62. The molecule has 0 spiro atoms. The molecule has 0 heterocycles. The van der Waals surface area contributed by atoms with E-state index in [0.29, 0.717) is 0 Å². The van der Waals surface area contributed by atoms with Crippen LogP contribution in [0.1, 0.15) is 39.0 Å². The van der Waals surface area contributed by atoms with E-state index in [-0.39, 0.29) is 0 Å². The van der Waals surface area contributed by atoms with Crippen molar-refractivity contribution in [3.63, 3.8) is 0 Å². The third kappa shape index (κ3) is 16.8. The molecule has 1 aliphatic rings. The third-order valence-corrected chi connectivity index (χ3v) is 5.71. The topological polar surface area (TPSA) is 72.5 Å². The lowest BCUT2D eigenvalue weighted by molar-refractivity contribution is -0.402. The molecule has 310 valence electrons. The molecule has 1 fully saturated rings. The van der Waals surface area contributed by atoms with Gasteiger partial charge in [-0.05, 0) is 0 Å². The SMILES string of the molecule is CCC(F)(F)OC1CC(F)(F)C1OC(F)(F)CC(F)(F)COCC(F)(F)OC(F)(F)CC(F)(F)COC(=O)C(OC(F)(F)CC(F)(F)F)C(F)(F)F. The van der Waals surface area contributed by atoms with Crippen molar-refractivity contribution in [2.75, 3.05) is 19.8 Å². The number of hydrogen-bond acceptors (Lipinski definition) is 7. The van der Waals surface area contributed by atoms with Gasteiger partial charge < -0.3 is 18.9 Å². The van der Waals surface area contributed by atoms with E-state index in [0.717, 1.165) is 6.92 Å². The van der Waals surface area contributed by atoms with Gasteiger partial charge in [0.2, 0.25) is 0 Å². The van der Waals surface area contributed by atoms with Crippen molar-refractivity contribution in [1.82, 2.24) is 0 Å². The zero-order chi connectivity index (χ0) is 41.2.